The van der Waals surface area contributed by atoms with Crippen LogP contribution in [0.4, 0.5) is 11.4 Å². The third-order valence-corrected chi connectivity index (χ3v) is 5.86. The van der Waals surface area contributed by atoms with Gasteiger partial charge in [-0.2, -0.15) is 0 Å². The second-order valence-corrected chi connectivity index (χ2v) is 8.34. The van der Waals surface area contributed by atoms with Gasteiger partial charge in [0.05, 0.1) is 23.4 Å². The van der Waals surface area contributed by atoms with Crippen LogP contribution in [-0.2, 0) is 6.54 Å². The monoisotopic (exact) mass is 463 g/mol. The minimum absolute atomic E-state index is 0.00807. The molecular weight excluding hydrogens is 442 g/mol. The molecule has 0 aliphatic carbocycles. The normalized spacial score (nSPS) is 12.5. The van der Waals surface area contributed by atoms with Crippen LogP contribution in [0.2, 0.25) is 0 Å². The molecule has 0 fully saturated rings. The quantitative estimate of drug-likeness (QED) is 0.448. The number of carbonyl (C=O) groups is 3. The maximum atomic E-state index is 13.0. The lowest BCUT2D eigenvalue weighted by Gasteiger charge is -2.15. The van der Waals surface area contributed by atoms with Crippen molar-refractivity contribution in [1.29, 1.82) is 0 Å². The fraction of sp³-hybridized carbons (Fsp3) is 0.0714. The fourth-order valence-corrected chi connectivity index (χ4v) is 4.19. The molecule has 0 radical (unpaired) electrons. The van der Waals surface area contributed by atoms with Crippen molar-refractivity contribution in [2.45, 2.75) is 13.5 Å². The van der Waals surface area contributed by atoms with E-state index in [0.29, 0.717) is 29.0 Å². The van der Waals surface area contributed by atoms with Crippen molar-refractivity contribution in [2.75, 3.05) is 10.2 Å². The van der Waals surface area contributed by atoms with Crippen LogP contribution in [0.3, 0.4) is 0 Å². The Hall–Kier alpha value is -4.78. The lowest BCUT2D eigenvalue weighted by Crippen LogP contribution is -2.30. The molecule has 0 atom stereocenters. The first-order valence-corrected chi connectivity index (χ1v) is 11.1. The number of nitrogens with zero attached hydrogens (tertiary/aromatic N) is 2. The zero-order valence-corrected chi connectivity index (χ0v) is 18.9. The lowest BCUT2D eigenvalue weighted by molar-refractivity contribution is 0.0925. The Morgan fingerprint density at radius 3 is 2.23 bits per heavy atom. The van der Waals surface area contributed by atoms with Crippen molar-refractivity contribution in [2.24, 2.45) is 0 Å². The number of amides is 3. The van der Waals surface area contributed by atoms with Crippen LogP contribution >= 0.6 is 0 Å². The third kappa shape index (κ3) is 4.15. The number of aromatic nitrogens is 1. The van der Waals surface area contributed by atoms with Gasteiger partial charge in [0.15, 0.2) is 0 Å². The number of imide groups is 1. The topological polar surface area (TPSA) is 88.5 Å². The Labute approximate surface area is 201 Å². The number of fused-ring (bicyclic) bond motifs is 1. The van der Waals surface area contributed by atoms with Crippen molar-refractivity contribution in [3.8, 4) is 0 Å². The Morgan fingerprint density at radius 1 is 0.800 bits per heavy atom. The van der Waals surface area contributed by atoms with E-state index in [1.54, 1.807) is 54.7 Å². The molecule has 4 aromatic rings. The zero-order valence-electron chi connectivity index (χ0n) is 18.9. The summed E-state index contributed by atoms with van der Waals surface area (Å²) in [7, 11) is 0. The van der Waals surface area contributed by atoms with Crippen molar-refractivity contribution >= 4 is 29.1 Å². The Kier molecular flexibility index (Phi) is 5.58. The molecule has 0 spiro atoms. The van der Waals surface area contributed by atoms with Gasteiger partial charge in [0.1, 0.15) is 5.56 Å². The molecule has 1 N–H and O–H groups in total. The van der Waals surface area contributed by atoms with Gasteiger partial charge in [-0.25, -0.2) is 4.90 Å². The van der Waals surface area contributed by atoms with E-state index in [1.165, 1.54) is 16.7 Å². The molecule has 35 heavy (non-hydrogen) atoms. The molecule has 5 rings (SSSR count). The number of rotatable bonds is 5. The van der Waals surface area contributed by atoms with Crippen molar-refractivity contribution in [3.05, 3.63) is 129 Å². The summed E-state index contributed by atoms with van der Waals surface area (Å²) in [5.74, 6) is -1.42. The van der Waals surface area contributed by atoms with Gasteiger partial charge in [-0.05, 0) is 55.0 Å². The second-order valence-electron chi connectivity index (χ2n) is 8.34. The summed E-state index contributed by atoms with van der Waals surface area (Å²) in [6.07, 6.45) is 1.64. The summed E-state index contributed by atoms with van der Waals surface area (Å²) in [5.41, 5.74) is 2.99. The number of pyridine rings is 1. The summed E-state index contributed by atoms with van der Waals surface area (Å²) in [5, 5.41) is 2.71. The highest BCUT2D eigenvalue weighted by Gasteiger charge is 2.36. The Morgan fingerprint density at radius 2 is 1.51 bits per heavy atom. The van der Waals surface area contributed by atoms with Gasteiger partial charge in [0.2, 0.25) is 0 Å². The Balaban J connectivity index is 1.38. The van der Waals surface area contributed by atoms with Crippen molar-refractivity contribution < 1.29 is 14.4 Å². The van der Waals surface area contributed by atoms with Crippen LogP contribution in [0.25, 0.3) is 0 Å². The second kappa shape index (κ2) is 8.87. The minimum atomic E-state index is -0.576. The number of carbonyl (C=O) groups excluding carboxylic acids is 3. The van der Waals surface area contributed by atoms with Crippen molar-refractivity contribution in [3.63, 3.8) is 0 Å². The third-order valence-electron chi connectivity index (χ3n) is 5.86. The molecule has 0 unspecified atom stereocenters. The number of benzene rings is 3. The molecular formula is C28H21N3O4. The van der Waals surface area contributed by atoms with Crippen LogP contribution in [0, 0.1) is 6.92 Å². The van der Waals surface area contributed by atoms with Gasteiger partial charge in [0.25, 0.3) is 23.3 Å². The molecule has 0 bridgehead atoms. The summed E-state index contributed by atoms with van der Waals surface area (Å²) < 4.78 is 1.49. The standard InChI is InChI=1S/C28H21N3O4/c1-18-7-4-8-19(15-18)17-30-14-6-13-24(26(30)33)25(32)29-20-9-5-10-21(16-20)31-27(34)22-11-2-3-12-23(22)28(31)35/h2-16H,17H2,1H3,(H,29,32). The highest BCUT2D eigenvalue weighted by atomic mass is 16.2. The largest absolute Gasteiger partial charge is 0.322 e. The first-order valence-electron chi connectivity index (χ1n) is 11.1. The van der Waals surface area contributed by atoms with E-state index in [2.05, 4.69) is 5.32 Å². The van der Waals surface area contributed by atoms with Gasteiger partial charge in [-0.3, -0.25) is 19.2 Å². The molecule has 3 aromatic carbocycles. The summed E-state index contributed by atoms with van der Waals surface area (Å²) in [6.45, 7) is 2.32. The molecule has 1 aliphatic heterocycles. The summed E-state index contributed by atoms with van der Waals surface area (Å²) in [4.78, 5) is 52.6. The van der Waals surface area contributed by atoms with E-state index >= 15 is 0 Å². The van der Waals surface area contributed by atoms with E-state index in [1.807, 2.05) is 31.2 Å². The molecule has 7 nitrogen and oxygen atoms in total. The maximum absolute atomic E-state index is 13.0. The molecule has 1 aliphatic rings. The SMILES string of the molecule is Cc1cccc(Cn2cccc(C(=O)Nc3cccc(N4C(=O)c5ccccc5C4=O)c3)c2=O)c1. The first-order chi connectivity index (χ1) is 16.9. The van der Waals surface area contributed by atoms with Gasteiger partial charge in [0, 0.05) is 11.9 Å². The fourth-order valence-electron chi connectivity index (χ4n) is 4.19. The van der Waals surface area contributed by atoms with Crippen LogP contribution in [0.1, 0.15) is 42.2 Å². The van der Waals surface area contributed by atoms with Gasteiger partial charge >= 0.3 is 0 Å². The van der Waals surface area contributed by atoms with Gasteiger partial charge in [-0.1, -0.05) is 48.0 Å². The predicted octanol–water partition coefficient (Wildman–Crippen LogP) is 4.26. The zero-order chi connectivity index (χ0) is 24.5. The number of aryl methyl sites for hydroxylation is 1. The van der Waals surface area contributed by atoms with E-state index in [-0.39, 0.29) is 5.56 Å². The molecule has 172 valence electrons. The van der Waals surface area contributed by atoms with E-state index in [0.717, 1.165) is 16.0 Å². The molecule has 0 saturated carbocycles. The van der Waals surface area contributed by atoms with Gasteiger partial charge in [-0.15, -0.1) is 0 Å². The van der Waals surface area contributed by atoms with Crippen LogP contribution in [-0.4, -0.2) is 22.3 Å². The molecule has 2 heterocycles. The molecule has 0 saturated heterocycles. The number of nitrogens with one attached hydrogen (secondary N) is 1. The number of hydrogen-bond acceptors (Lipinski definition) is 4. The van der Waals surface area contributed by atoms with E-state index in [4.69, 9.17) is 0 Å². The summed E-state index contributed by atoms with van der Waals surface area (Å²) >= 11 is 0. The maximum Gasteiger partial charge on any atom is 0.266 e. The van der Waals surface area contributed by atoms with E-state index < -0.39 is 23.3 Å². The van der Waals surface area contributed by atoms with Gasteiger partial charge < -0.3 is 9.88 Å². The number of anilines is 2. The van der Waals surface area contributed by atoms with Crippen LogP contribution in [0.15, 0.2) is 95.9 Å². The summed E-state index contributed by atoms with van der Waals surface area (Å²) in [6, 6.07) is 24.0. The smallest absolute Gasteiger partial charge is 0.266 e. The first kappa shape index (κ1) is 22.0. The van der Waals surface area contributed by atoms with Crippen molar-refractivity contribution in [1.82, 2.24) is 4.57 Å². The number of hydrogen-bond donors (Lipinski definition) is 1. The van der Waals surface area contributed by atoms with E-state index in [9.17, 15) is 19.2 Å². The minimum Gasteiger partial charge on any atom is -0.322 e. The highest BCUT2D eigenvalue weighted by Crippen LogP contribution is 2.29. The average Bonchev–Trinajstić information content (AvgIpc) is 3.10. The average molecular weight is 463 g/mol. The van der Waals surface area contributed by atoms with Crippen LogP contribution in [0.5, 0.6) is 0 Å². The van der Waals surface area contributed by atoms with Crippen LogP contribution < -0.4 is 15.8 Å². The molecule has 3 amide bonds. The molecule has 1 aromatic heterocycles. The predicted molar refractivity (Wildman–Crippen MR) is 133 cm³/mol. The highest BCUT2D eigenvalue weighted by molar-refractivity contribution is 6.34. The molecule has 7 heteroatoms. The Bertz CT molecular complexity index is 1520. The lowest BCUT2D eigenvalue weighted by atomic mass is 10.1.